The van der Waals surface area contributed by atoms with Crippen molar-refractivity contribution < 1.29 is 23.5 Å². The Balaban J connectivity index is 1.29. The Morgan fingerprint density at radius 2 is 1.70 bits per heavy atom. The number of benzene rings is 2. The van der Waals surface area contributed by atoms with Gasteiger partial charge in [-0.15, -0.1) is 0 Å². The monoisotopic (exact) mass is 454 g/mol. The van der Waals surface area contributed by atoms with E-state index in [0.717, 1.165) is 5.56 Å². The molecule has 0 unspecified atom stereocenters. The number of carbonyl (C=O) groups excluding carboxylic acids is 2. The number of piperidine rings is 1. The quantitative estimate of drug-likeness (QED) is 0.641. The normalized spacial score (nSPS) is 17.6. The molecule has 1 atom stereocenters. The van der Waals surface area contributed by atoms with Crippen molar-refractivity contribution in [2.45, 2.75) is 32.7 Å². The van der Waals surface area contributed by atoms with E-state index >= 15 is 0 Å². The number of halogens is 1. The Hall–Kier alpha value is -2.93. The maximum absolute atomic E-state index is 13.3. The van der Waals surface area contributed by atoms with Crippen LogP contribution in [0.15, 0.2) is 42.5 Å². The smallest absolute Gasteiger partial charge is 0.234 e. The van der Waals surface area contributed by atoms with Crippen molar-refractivity contribution in [3.8, 4) is 11.5 Å². The van der Waals surface area contributed by atoms with Gasteiger partial charge in [0, 0.05) is 11.5 Å². The van der Waals surface area contributed by atoms with Gasteiger partial charge in [-0.1, -0.05) is 26.0 Å². The van der Waals surface area contributed by atoms with Crippen molar-refractivity contribution in [1.82, 2.24) is 10.2 Å². The lowest BCUT2D eigenvalue weighted by molar-refractivity contribution is -0.123. The molecule has 1 fully saturated rings. The molecular weight excluding hydrogens is 423 g/mol. The number of Topliss-reactive ketones (excluding diaryl/α,β-unsaturated/α-hetero) is 1. The van der Waals surface area contributed by atoms with Crippen LogP contribution in [0.4, 0.5) is 4.39 Å². The number of carbonyl (C=O) groups is 2. The number of ketones is 1. The largest absolute Gasteiger partial charge is 0.486 e. The summed E-state index contributed by atoms with van der Waals surface area (Å²) >= 11 is 0. The number of amides is 1. The van der Waals surface area contributed by atoms with Gasteiger partial charge in [-0.05, 0) is 67.7 Å². The van der Waals surface area contributed by atoms with E-state index in [1.54, 1.807) is 30.3 Å². The molecule has 0 bridgehead atoms. The minimum atomic E-state index is -0.291. The molecule has 0 radical (unpaired) electrons. The Bertz CT molecular complexity index is 984. The molecule has 1 N–H and O–H groups in total. The molecule has 2 heterocycles. The Labute approximate surface area is 194 Å². The van der Waals surface area contributed by atoms with Gasteiger partial charge >= 0.3 is 0 Å². The highest BCUT2D eigenvalue weighted by Crippen LogP contribution is 2.32. The summed E-state index contributed by atoms with van der Waals surface area (Å²) in [6, 6.07) is 11.5. The standard InChI is InChI=1S/C26H31FN2O4/c1-17(2)25(18-3-6-21(27)7-4-18)28-24(30)16-29-11-9-19(10-12-29)26(31)20-5-8-22-23(15-20)33-14-13-32-22/h3-8,15,17,19,25H,9-14,16H2,1-2H3,(H,28,30)/t25-/m0/s1. The number of hydrogen-bond donors (Lipinski definition) is 1. The third-order valence-corrected chi connectivity index (χ3v) is 6.36. The third-order valence-electron chi connectivity index (χ3n) is 6.36. The van der Waals surface area contributed by atoms with Crippen LogP contribution in [0.1, 0.15) is 48.7 Å². The first-order valence-corrected chi connectivity index (χ1v) is 11.6. The summed E-state index contributed by atoms with van der Waals surface area (Å²) < 4.78 is 24.4. The summed E-state index contributed by atoms with van der Waals surface area (Å²) in [5.41, 5.74) is 1.54. The first kappa shape index (κ1) is 23.2. The fraction of sp³-hybridized carbons (Fsp3) is 0.462. The molecule has 176 valence electrons. The zero-order valence-electron chi connectivity index (χ0n) is 19.2. The third kappa shape index (κ3) is 5.71. The van der Waals surface area contributed by atoms with Crippen LogP contribution in [-0.2, 0) is 4.79 Å². The number of ether oxygens (including phenoxy) is 2. The summed E-state index contributed by atoms with van der Waals surface area (Å²) in [6.45, 7) is 6.74. The van der Waals surface area contributed by atoms with Gasteiger partial charge in [0.25, 0.3) is 0 Å². The van der Waals surface area contributed by atoms with Gasteiger partial charge in [0.15, 0.2) is 17.3 Å². The predicted octanol–water partition coefficient (Wildman–Crippen LogP) is 4.01. The first-order valence-electron chi connectivity index (χ1n) is 11.6. The van der Waals surface area contributed by atoms with Crippen molar-refractivity contribution in [1.29, 1.82) is 0 Å². The summed E-state index contributed by atoms with van der Waals surface area (Å²) in [4.78, 5) is 27.8. The van der Waals surface area contributed by atoms with E-state index in [-0.39, 0.29) is 41.9 Å². The summed E-state index contributed by atoms with van der Waals surface area (Å²) in [5.74, 6) is 1.19. The fourth-order valence-corrected chi connectivity index (χ4v) is 4.51. The predicted molar refractivity (Wildman–Crippen MR) is 123 cm³/mol. The highest BCUT2D eigenvalue weighted by atomic mass is 19.1. The topological polar surface area (TPSA) is 67.9 Å². The van der Waals surface area contributed by atoms with Crippen LogP contribution in [0.3, 0.4) is 0 Å². The van der Waals surface area contributed by atoms with E-state index in [4.69, 9.17) is 9.47 Å². The highest BCUT2D eigenvalue weighted by molar-refractivity contribution is 5.98. The van der Waals surface area contributed by atoms with Gasteiger partial charge < -0.3 is 14.8 Å². The molecule has 1 saturated heterocycles. The molecule has 2 aliphatic rings. The maximum Gasteiger partial charge on any atom is 0.234 e. The average molecular weight is 455 g/mol. The van der Waals surface area contributed by atoms with Gasteiger partial charge in [-0.2, -0.15) is 0 Å². The van der Waals surface area contributed by atoms with E-state index in [1.165, 1.54) is 12.1 Å². The fourth-order valence-electron chi connectivity index (χ4n) is 4.51. The lowest BCUT2D eigenvalue weighted by Gasteiger charge is -2.32. The summed E-state index contributed by atoms with van der Waals surface area (Å²) in [6.07, 6.45) is 1.43. The van der Waals surface area contributed by atoms with Crippen LogP contribution >= 0.6 is 0 Å². The first-order chi connectivity index (χ1) is 15.9. The van der Waals surface area contributed by atoms with Crippen LogP contribution < -0.4 is 14.8 Å². The molecule has 0 spiro atoms. The number of hydrogen-bond acceptors (Lipinski definition) is 5. The van der Waals surface area contributed by atoms with Gasteiger partial charge in [-0.25, -0.2) is 4.39 Å². The average Bonchev–Trinajstić information content (AvgIpc) is 2.83. The molecule has 0 aromatic heterocycles. The number of nitrogens with one attached hydrogen (secondary N) is 1. The van der Waals surface area contributed by atoms with Crippen LogP contribution in [0.5, 0.6) is 11.5 Å². The van der Waals surface area contributed by atoms with Crippen molar-refractivity contribution in [3.05, 3.63) is 59.4 Å². The van der Waals surface area contributed by atoms with Crippen molar-refractivity contribution in [2.24, 2.45) is 11.8 Å². The van der Waals surface area contributed by atoms with Crippen molar-refractivity contribution in [2.75, 3.05) is 32.8 Å². The number of rotatable bonds is 7. The molecule has 2 aliphatic heterocycles. The van der Waals surface area contributed by atoms with Crippen LogP contribution in [0.25, 0.3) is 0 Å². The van der Waals surface area contributed by atoms with E-state index in [9.17, 15) is 14.0 Å². The maximum atomic E-state index is 13.3. The Kier molecular flexibility index (Phi) is 7.28. The number of likely N-dealkylation sites (tertiary alicyclic amines) is 1. The molecule has 0 aliphatic carbocycles. The Morgan fingerprint density at radius 1 is 1.03 bits per heavy atom. The van der Waals surface area contributed by atoms with Gasteiger partial charge in [0.2, 0.25) is 5.91 Å². The van der Waals surface area contributed by atoms with Gasteiger partial charge in [0.05, 0.1) is 12.6 Å². The molecule has 2 aromatic carbocycles. The molecule has 6 nitrogen and oxygen atoms in total. The second-order valence-corrected chi connectivity index (χ2v) is 9.11. The van der Waals surface area contributed by atoms with Crippen LogP contribution in [0.2, 0.25) is 0 Å². The number of fused-ring (bicyclic) bond motifs is 1. The molecule has 2 aromatic rings. The molecule has 0 saturated carbocycles. The second kappa shape index (κ2) is 10.3. The molecule has 1 amide bonds. The second-order valence-electron chi connectivity index (χ2n) is 9.11. The zero-order valence-corrected chi connectivity index (χ0v) is 19.2. The van der Waals surface area contributed by atoms with E-state index < -0.39 is 0 Å². The minimum absolute atomic E-state index is 0.0605. The highest BCUT2D eigenvalue weighted by Gasteiger charge is 2.28. The molecular formula is C26H31FN2O4. The number of nitrogens with zero attached hydrogens (tertiary/aromatic N) is 1. The van der Waals surface area contributed by atoms with Crippen LogP contribution in [-0.4, -0.2) is 49.4 Å². The molecule has 7 heteroatoms. The van der Waals surface area contributed by atoms with Gasteiger partial charge in [0.1, 0.15) is 19.0 Å². The lowest BCUT2D eigenvalue weighted by atomic mass is 9.88. The van der Waals surface area contributed by atoms with Gasteiger partial charge in [-0.3, -0.25) is 14.5 Å². The SMILES string of the molecule is CC(C)[C@H](NC(=O)CN1CCC(C(=O)c2ccc3c(c2)OCCO3)CC1)c1ccc(F)cc1. The van der Waals surface area contributed by atoms with E-state index in [1.807, 2.05) is 13.8 Å². The van der Waals surface area contributed by atoms with Crippen molar-refractivity contribution in [3.63, 3.8) is 0 Å². The summed E-state index contributed by atoms with van der Waals surface area (Å²) in [5, 5.41) is 3.09. The van der Waals surface area contributed by atoms with E-state index in [0.29, 0.717) is 56.2 Å². The van der Waals surface area contributed by atoms with E-state index in [2.05, 4.69) is 10.2 Å². The minimum Gasteiger partial charge on any atom is -0.486 e. The zero-order chi connectivity index (χ0) is 23.4. The Morgan fingerprint density at radius 3 is 2.36 bits per heavy atom. The summed E-state index contributed by atoms with van der Waals surface area (Å²) in [7, 11) is 0. The molecule has 4 rings (SSSR count). The molecule has 33 heavy (non-hydrogen) atoms. The lowest BCUT2D eigenvalue weighted by Crippen LogP contribution is -2.44. The van der Waals surface area contributed by atoms with Crippen LogP contribution in [0, 0.1) is 17.7 Å². The van der Waals surface area contributed by atoms with Crippen molar-refractivity contribution >= 4 is 11.7 Å².